The van der Waals surface area contributed by atoms with E-state index >= 15 is 0 Å². The number of rotatable bonds is 4. The van der Waals surface area contributed by atoms with Gasteiger partial charge in [-0.2, -0.15) is 10.5 Å². The van der Waals surface area contributed by atoms with Gasteiger partial charge in [0.1, 0.15) is 5.75 Å². The summed E-state index contributed by atoms with van der Waals surface area (Å²) in [5.74, 6) is 0.0767. The summed E-state index contributed by atoms with van der Waals surface area (Å²) in [6.07, 6.45) is 3.80. The lowest BCUT2D eigenvalue weighted by atomic mass is 9.68. The topological polar surface area (TPSA) is 77.1 Å². The molecule has 3 atom stereocenters. The molecule has 2 aromatic carbocycles. The van der Waals surface area contributed by atoms with Crippen molar-refractivity contribution in [3.63, 3.8) is 0 Å². The average molecular weight is 383 g/mol. The van der Waals surface area contributed by atoms with E-state index in [9.17, 15) is 15.3 Å². The van der Waals surface area contributed by atoms with E-state index in [0.29, 0.717) is 6.61 Å². The molecular formula is C24H21N3O2. The van der Waals surface area contributed by atoms with Crippen molar-refractivity contribution >= 4 is 11.9 Å². The van der Waals surface area contributed by atoms with Gasteiger partial charge in [-0.25, -0.2) is 0 Å². The Morgan fingerprint density at radius 1 is 1.14 bits per heavy atom. The van der Waals surface area contributed by atoms with Crippen LogP contribution in [-0.2, 0) is 4.79 Å². The van der Waals surface area contributed by atoms with E-state index < -0.39 is 23.4 Å². The number of Topliss-reactive ketones (excluding diaryl/α,β-unsaturated/α-hetero) is 1. The number of hydrogen-bond donors (Lipinski definition) is 0. The van der Waals surface area contributed by atoms with Crippen LogP contribution in [0.3, 0.4) is 0 Å². The highest BCUT2D eigenvalue weighted by Gasteiger charge is 2.63. The van der Waals surface area contributed by atoms with E-state index in [1.807, 2.05) is 72.6 Å². The fraction of sp³-hybridized carbons (Fsp3) is 0.292. The van der Waals surface area contributed by atoms with Gasteiger partial charge in [0.05, 0.1) is 30.8 Å². The van der Waals surface area contributed by atoms with Crippen molar-refractivity contribution < 1.29 is 9.53 Å². The van der Waals surface area contributed by atoms with Crippen molar-refractivity contribution in [2.45, 2.75) is 31.8 Å². The van der Waals surface area contributed by atoms with Gasteiger partial charge in [-0.1, -0.05) is 36.4 Å². The van der Waals surface area contributed by atoms with E-state index in [4.69, 9.17) is 4.74 Å². The van der Waals surface area contributed by atoms with E-state index in [0.717, 1.165) is 22.4 Å². The van der Waals surface area contributed by atoms with Crippen molar-refractivity contribution in [1.29, 1.82) is 10.5 Å². The summed E-state index contributed by atoms with van der Waals surface area (Å²) in [5.41, 5.74) is 1.26. The molecule has 0 aliphatic carbocycles. The molecule has 0 bridgehead atoms. The molecule has 5 heteroatoms. The van der Waals surface area contributed by atoms with Gasteiger partial charge in [0.15, 0.2) is 11.2 Å². The molecule has 2 aromatic rings. The van der Waals surface area contributed by atoms with Gasteiger partial charge in [0.25, 0.3) is 0 Å². The van der Waals surface area contributed by atoms with Crippen molar-refractivity contribution in [1.82, 2.24) is 4.90 Å². The molecule has 4 rings (SSSR count). The quantitative estimate of drug-likeness (QED) is 0.791. The highest BCUT2D eigenvalue weighted by molar-refractivity contribution is 5.85. The summed E-state index contributed by atoms with van der Waals surface area (Å²) in [6, 6.07) is 18.7. The molecule has 0 N–H and O–H groups in total. The number of nitrogens with zero attached hydrogens (tertiary/aromatic N) is 3. The summed E-state index contributed by atoms with van der Waals surface area (Å²) in [5, 5.41) is 20.6. The van der Waals surface area contributed by atoms with Crippen LogP contribution in [0, 0.1) is 28.1 Å². The monoisotopic (exact) mass is 383 g/mol. The first-order chi connectivity index (χ1) is 14.1. The van der Waals surface area contributed by atoms with Gasteiger partial charge >= 0.3 is 0 Å². The Labute approximate surface area is 170 Å². The third-order valence-electron chi connectivity index (χ3n) is 5.91. The van der Waals surface area contributed by atoms with Crippen molar-refractivity contribution in [3.05, 3.63) is 71.4 Å². The van der Waals surface area contributed by atoms with Crippen LogP contribution in [0.4, 0.5) is 0 Å². The summed E-state index contributed by atoms with van der Waals surface area (Å²) in [6.45, 7) is 3.99. The molecule has 2 heterocycles. The maximum absolute atomic E-state index is 12.8. The third kappa shape index (κ3) is 2.70. The smallest absolute Gasteiger partial charge is 0.177 e. The van der Waals surface area contributed by atoms with Gasteiger partial charge in [0, 0.05) is 12.1 Å². The molecule has 0 aromatic heterocycles. The number of hydrogen-bond acceptors (Lipinski definition) is 5. The zero-order chi connectivity index (χ0) is 20.6. The fourth-order valence-electron chi connectivity index (χ4n) is 4.76. The van der Waals surface area contributed by atoms with Gasteiger partial charge in [-0.3, -0.25) is 4.79 Å². The van der Waals surface area contributed by atoms with Crippen LogP contribution in [0.1, 0.15) is 42.5 Å². The summed E-state index contributed by atoms with van der Waals surface area (Å²) < 4.78 is 5.52. The minimum absolute atomic E-state index is 0.0645. The number of carbonyl (C=O) groups is 1. The first kappa shape index (κ1) is 18.8. The molecule has 1 fully saturated rings. The normalized spacial score (nSPS) is 23.4. The largest absolute Gasteiger partial charge is 0.494 e. The van der Waals surface area contributed by atoms with Crippen LogP contribution >= 0.6 is 0 Å². The Morgan fingerprint density at radius 3 is 2.45 bits per heavy atom. The molecule has 0 spiro atoms. The van der Waals surface area contributed by atoms with Gasteiger partial charge in [-0.15, -0.1) is 0 Å². The summed E-state index contributed by atoms with van der Waals surface area (Å²) >= 11 is 0. The number of ether oxygens (including phenoxy) is 1. The standard InChI is InChI=1S/C24H21N3O2/c1-3-29-19-10-8-18(9-11-19)21-22(16(2)28)27-13-12-17-6-4-5-7-20(17)23(27)24(21,14-25)15-26/h4-13,21-23H,3H2,1-2H3/t21-,22-,23-/m1/s1. The molecule has 2 aliphatic heterocycles. The summed E-state index contributed by atoms with van der Waals surface area (Å²) in [7, 11) is 0. The number of fused-ring (bicyclic) bond motifs is 3. The average Bonchev–Trinajstić information content (AvgIpc) is 3.06. The number of carbonyl (C=O) groups excluding carboxylic acids is 1. The van der Waals surface area contributed by atoms with Crippen LogP contribution in [0.2, 0.25) is 0 Å². The van der Waals surface area contributed by atoms with Crippen LogP contribution in [-0.4, -0.2) is 23.3 Å². The molecule has 5 nitrogen and oxygen atoms in total. The van der Waals surface area contributed by atoms with E-state index in [1.165, 1.54) is 6.92 Å². The zero-order valence-electron chi connectivity index (χ0n) is 16.4. The summed E-state index contributed by atoms with van der Waals surface area (Å²) in [4.78, 5) is 14.7. The molecule has 0 radical (unpaired) electrons. The Kier molecular flexibility index (Phi) is 4.60. The lowest BCUT2D eigenvalue weighted by Crippen LogP contribution is -2.36. The van der Waals surface area contributed by atoms with Crippen LogP contribution in [0.25, 0.3) is 6.08 Å². The van der Waals surface area contributed by atoms with E-state index in [2.05, 4.69) is 12.1 Å². The maximum Gasteiger partial charge on any atom is 0.177 e. The Morgan fingerprint density at radius 2 is 1.83 bits per heavy atom. The minimum atomic E-state index is -1.40. The zero-order valence-corrected chi connectivity index (χ0v) is 16.4. The minimum Gasteiger partial charge on any atom is -0.494 e. The van der Waals surface area contributed by atoms with Crippen molar-refractivity contribution in [3.8, 4) is 17.9 Å². The van der Waals surface area contributed by atoms with Gasteiger partial charge in [0.2, 0.25) is 0 Å². The predicted octanol–water partition coefficient (Wildman–Crippen LogP) is 4.20. The Bertz CT molecular complexity index is 1040. The lowest BCUT2D eigenvalue weighted by molar-refractivity contribution is -0.121. The second kappa shape index (κ2) is 7.11. The van der Waals surface area contributed by atoms with Crippen LogP contribution in [0.15, 0.2) is 54.7 Å². The SMILES string of the molecule is CCOc1ccc([C@@H]2[C@@H](C(C)=O)N3C=Cc4ccccc4[C@@H]3C2(C#N)C#N)cc1. The van der Waals surface area contributed by atoms with E-state index in [1.54, 1.807) is 0 Å². The van der Waals surface area contributed by atoms with Crippen LogP contribution in [0.5, 0.6) is 5.75 Å². The first-order valence-electron chi connectivity index (χ1n) is 9.67. The predicted molar refractivity (Wildman–Crippen MR) is 109 cm³/mol. The van der Waals surface area contributed by atoms with Gasteiger partial charge < -0.3 is 9.64 Å². The fourth-order valence-corrected chi connectivity index (χ4v) is 4.76. The number of benzene rings is 2. The molecule has 29 heavy (non-hydrogen) atoms. The molecule has 1 saturated heterocycles. The number of nitriles is 2. The number of ketones is 1. The molecular weight excluding hydrogens is 362 g/mol. The highest BCUT2D eigenvalue weighted by Crippen LogP contribution is 2.59. The van der Waals surface area contributed by atoms with Gasteiger partial charge in [-0.05, 0) is 48.7 Å². The molecule has 144 valence electrons. The molecule has 2 aliphatic rings. The van der Waals surface area contributed by atoms with Crippen molar-refractivity contribution in [2.75, 3.05) is 6.61 Å². The lowest BCUT2D eigenvalue weighted by Gasteiger charge is -2.34. The first-order valence-corrected chi connectivity index (χ1v) is 9.67. The highest BCUT2D eigenvalue weighted by atomic mass is 16.5. The molecule has 0 unspecified atom stereocenters. The van der Waals surface area contributed by atoms with Crippen molar-refractivity contribution in [2.24, 2.45) is 5.41 Å². The molecule has 0 amide bonds. The second-order valence-electron chi connectivity index (χ2n) is 7.42. The van der Waals surface area contributed by atoms with E-state index in [-0.39, 0.29) is 5.78 Å². The Hall–Kier alpha value is -3.57. The van der Waals surface area contributed by atoms with Crippen LogP contribution < -0.4 is 4.74 Å². The maximum atomic E-state index is 12.8. The molecule has 0 saturated carbocycles. The third-order valence-corrected chi connectivity index (χ3v) is 5.91. The Balaban J connectivity index is 1.92. The second-order valence-corrected chi connectivity index (χ2v) is 7.42.